The number of aryl methyl sites for hydroxylation is 1. The highest BCUT2D eigenvalue weighted by Gasteiger charge is 2.08. The lowest BCUT2D eigenvalue weighted by Gasteiger charge is -2.07. The van der Waals surface area contributed by atoms with Crippen LogP contribution in [-0.2, 0) is 13.1 Å². The third-order valence-electron chi connectivity index (χ3n) is 5.45. The standard InChI is InChI=1S/C16H16N4O2.C9H12N2O/c1-12-6-17-19(8-12)9-13-2-4-14(5-3-13)10-20-11-15(7-18-20)16(21)22;1-5-6(2)8(10)4-3-7(5)9(11)12/h2-8,11H,9-10H2,1H3,(H,21,22);3-4H,10H2,1-2H3,(H2,11,12). The Morgan fingerprint density at radius 1 is 0.853 bits per heavy atom. The number of hydrogen-bond acceptors (Lipinski definition) is 5. The van der Waals surface area contributed by atoms with E-state index in [4.69, 9.17) is 16.6 Å². The molecule has 0 aliphatic rings. The molecule has 5 N–H and O–H groups in total. The molecule has 0 atom stereocenters. The molecular formula is C25H28N6O3. The first-order valence-corrected chi connectivity index (χ1v) is 10.6. The lowest BCUT2D eigenvalue weighted by atomic mass is 10.0. The Bertz CT molecular complexity index is 1300. The summed E-state index contributed by atoms with van der Waals surface area (Å²) in [5.74, 6) is -1.37. The van der Waals surface area contributed by atoms with E-state index in [0.717, 1.165) is 28.8 Å². The molecule has 9 nitrogen and oxygen atoms in total. The number of nitrogen functional groups attached to an aromatic ring is 1. The molecule has 2 aromatic heterocycles. The van der Waals surface area contributed by atoms with Crippen LogP contribution in [0.15, 0.2) is 61.2 Å². The third kappa shape index (κ3) is 6.10. The first kappa shape index (κ1) is 24.2. The Morgan fingerprint density at radius 2 is 1.41 bits per heavy atom. The van der Waals surface area contributed by atoms with Crippen molar-refractivity contribution in [3.63, 3.8) is 0 Å². The number of aromatic nitrogens is 4. The van der Waals surface area contributed by atoms with Gasteiger partial charge in [0.1, 0.15) is 0 Å². The Balaban J connectivity index is 0.000000229. The quantitative estimate of drug-likeness (QED) is 0.377. The van der Waals surface area contributed by atoms with Crippen LogP contribution in [0.3, 0.4) is 0 Å². The summed E-state index contributed by atoms with van der Waals surface area (Å²) in [6.45, 7) is 7.01. The van der Waals surface area contributed by atoms with Gasteiger partial charge in [-0.2, -0.15) is 10.2 Å². The molecule has 0 radical (unpaired) electrons. The van der Waals surface area contributed by atoms with Crippen molar-refractivity contribution in [1.82, 2.24) is 19.6 Å². The van der Waals surface area contributed by atoms with Gasteiger partial charge in [-0.05, 0) is 60.7 Å². The molecule has 4 aromatic rings. The van der Waals surface area contributed by atoms with E-state index in [1.54, 1.807) is 16.8 Å². The Morgan fingerprint density at radius 3 is 1.88 bits per heavy atom. The van der Waals surface area contributed by atoms with E-state index < -0.39 is 11.9 Å². The topological polar surface area (TPSA) is 142 Å². The van der Waals surface area contributed by atoms with Gasteiger partial charge in [-0.1, -0.05) is 24.3 Å². The Hall–Kier alpha value is -4.40. The molecule has 0 saturated carbocycles. The van der Waals surface area contributed by atoms with Gasteiger partial charge in [-0.15, -0.1) is 0 Å². The lowest BCUT2D eigenvalue weighted by Crippen LogP contribution is -2.13. The van der Waals surface area contributed by atoms with Crippen LogP contribution in [0.25, 0.3) is 0 Å². The summed E-state index contributed by atoms with van der Waals surface area (Å²) in [5, 5.41) is 17.2. The molecule has 1 amide bonds. The predicted octanol–water partition coefficient (Wildman–Crippen LogP) is 3.17. The average Bonchev–Trinajstić information content (AvgIpc) is 3.43. The molecule has 0 fully saturated rings. The third-order valence-corrected chi connectivity index (χ3v) is 5.45. The van der Waals surface area contributed by atoms with Crippen LogP contribution in [0.2, 0.25) is 0 Å². The highest BCUT2D eigenvalue weighted by Crippen LogP contribution is 2.18. The number of carboxylic acid groups (broad SMARTS) is 1. The molecule has 34 heavy (non-hydrogen) atoms. The molecule has 176 valence electrons. The van der Waals surface area contributed by atoms with Gasteiger partial charge in [0.2, 0.25) is 5.91 Å². The number of carbonyl (C=O) groups excluding carboxylic acids is 1. The monoisotopic (exact) mass is 460 g/mol. The van der Waals surface area contributed by atoms with Crippen LogP contribution >= 0.6 is 0 Å². The van der Waals surface area contributed by atoms with Crippen molar-refractivity contribution >= 4 is 17.6 Å². The van der Waals surface area contributed by atoms with E-state index in [0.29, 0.717) is 17.8 Å². The number of nitrogens with zero attached hydrogens (tertiary/aromatic N) is 4. The maximum Gasteiger partial charge on any atom is 0.338 e. The maximum absolute atomic E-state index is 10.9. The number of benzene rings is 2. The van der Waals surface area contributed by atoms with Crippen LogP contribution in [0.1, 0.15) is 48.5 Å². The Kier molecular flexibility index (Phi) is 7.47. The minimum Gasteiger partial charge on any atom is -0.478 e. The van der Waals surface area contributed by atoms with Crippen LogP contribution in [-0.4, -0.2) is 36.5 Å². The second-order valence-corrected chi connectivity index (χ2v) is 8.08. The number of carboxylic acids is 1. The summed E-state index contributed by atoms with van der Waals surface area (Å²) in [6, 6.07) is 11.5. The molecule has 0 bridgehead atoms. The normalized spacial score (nSPS) is 10.4. The zero-order valence-corrected chi connectivity index (χ0v) is 19.4. The van der Waals surface area contributed by atoms with Crippen LogP contribution in [0, 0.1) is 20.8 Å². The van der Waals surface area contributed by atoms with Crippen molar-refractivity contribution < 1.29 is 14.7 Å². The van der Waals surface area contributed by atoms with Gasteiger partial charge in [0.25, 0.3) is 0 Å². The molecule has 9 heteroatoms. The maximum atomic E-state index is 10.9. The summed E-state index contributed by atoms with van der Waals surface area (Å²) in [7, 11) is 0. The number of anilines is 1. The van der Waals surface area contributed by atoms with Crippen LogP contribution in [0.4, 0.5) is 5.69 Å². The largest absolute Gasteiger partial charge is 0.478 e. The number of nitrogens with two attached hydrogens (primary N) is 2. The Labute approximate surface area is 197 Å². The zero-order chi connectivity index (χ0) is 24.8. The molecular weight excluding hydrogens is 432 g/mol. The second-order valence-electron chi connectivity index (χ2n) is 8.08. The predicted molar refractivity (Wildman–Crippen MR) is 130 cm³/mol. The van der Waals surface area contributed by atoms with Gasteiger partial charge in [-0.3, -0.25) is 14.2 Å². The van der Waals surface area contributed by atoms with E-state index in [1.807, 2.05) is 62.1 Å². The SMILES string of the molecule is Cc1c(N)ccc(C(N)=O)c1C.Cc1cnn(Cc2ccc(Cn3cc(C(=O)O)cn3)cc2)c1. The van der Waals surface area contributed by atoms with Gasteiger partial charge >= 0.3 is 5.97 Å². The molecule has 2 heterocycles. The molecule has 0 spiro atoms. The smallest absolute Gasteiger partial charge is 0.338 e. The lowest BCUT2D eigenvalue weighted by molar-refractivity contribution is 0.0696. The number of amides is 1. The second kappa shape index (κ2) is 10.5. The number of hydrogen-bond donors (Lipinski definition) is 3. The number of rotatable bonds is 6. The fourth-order valence-corrected chi connectivity index (χ4v) is 3.35. The van der Waals surface area contributed by atoms with Crippen molar-refractivity contribution in [2.75, 3.05) is 5.73 Å². The van der Waals surface area contributed by atoms with E-state index in [9.17, 15) is 9.59 Å². The highest BCUT2D eigenvalue weighted by molar-refractivity contribution is 5.95. The van der Waals surface area contributed by atoms with Gasteiger partial charge in [0.05, 0.1) is 31.0 Å². The van der Waals surface area contributed by atoms with Gasteiger partial charge in [-0.25, -0.2) is 4.79 Å². The van der Waals surface area contributed by atoms with Crippen molar-refractivity contribution in [3.05, 3.63) is 100 Å². The summed E-state index contributed by atoms with van der Waals surface area (Å²) >= 11 is 0. The first-order chi connectivity index (χ1) is 16.1. The fraction of sp³-hybridized carbons (Fsp3) is 0.200. The molecule has 0 aliphatic carbocycles. The highest BCUT2D eigenvalue weighted by atomic mass is 16.4. The van der Waals surface area contributed by atoms with Crippen molar-refractivity contribution in [2.45, 2.75) is 33.9 Å². The molecule has 2 aromatic carbocycles. The summed E-state index contributed by atoms with van der Waals surface area (Å²) in [5.41, 5.74) is 17.4. The fourth-order valence-electron chi connectivity index (χ4n) is 3.35. The minimum atomic E-state index is -0.962. The van der Waals surface area contributed by atoms with E-state index in [-0.39, 0.29) is 5.56 Å². The molecule has 0 saturated heterocycles. The summed E-state index contributed by atoms with van der Waals surface area (Å²) in [6.07, 6.45) is 6.73. The van der Waals surface area contributed by atoms with Gasteiger partial charge < -0.3 is 16.6 Å². The molecule has 0 unspecified atom stereocenters. The van der Waals surface area contributed by atoms with E-state index >= 15 is 0 Å². The van der Waals surface area contributed by atoms with Gasteiger partial charge in [0.15, 0.2) is 0 Å². The number of aromatic carboxylic acids is 1. The average molecular weight is 461 g/mol. The van der Waals surface area contributed by atoms with Crippen molar-refractivity contribution in [3.8, 4) is 0 Å². The van der Waals surface area contributed by atoms with Crippen LogP contribution < -0.4 is 11.5 Å². The number of primary amides is 1. The molecule has 0 aliphatic heterocycles. The number of carbonyl (C=O) groups is 2. The van der Waals surface area contributed by atoms with Crippen molar-refractivity contribution in [1.29, 1.82) is 0 Å². The van der Waals surface area contributed by atoms with E-state index in [2.05, 4.69) is 10.2 Å². The summed E-state index contributed by atoms with van der Waals surface area (Å²) < 4.78 is 3.52. The first-order valence-electron chi connectivity index (χ1n) is 10.6. The summed E-state index contributed by atoms with van der Waals surface area (Å²) in [4.78, 5) is 21.7. The van der Waals surface area contributed by atoms with E-state index in [1.165, 1.54) is 18.0 Å². The van der Waals surface area contributed by atoms with Crippen LogP contribution in [0.5, 0.6) is 0 Å². The van der Waals surface area contributed by atoms with Crippen molar-refractivity contribution in [2.24, 2.45) is 5.73 Å². The molecule has 4 rings (SSSR count). The van der Waals surface area contributed by atoms with Gasteiger partial charge in [0, 0.05) is 23.6 Å². The zero-order valence-electron chi connectivity index (χ0n) is 19.4. The minimum absolute atomic E-state index is 0.200.